The molecule has 4 rings (SSSR count). The largest absolute Gasteiger partial charge is 0.494 e. The number of hydrogen-bond donors (Lipinski definition) is 1. The topological polar surface area (TPSA) is 28.0 Å². The van der Waals surface area contributed by atoms with E-state index in [9.17, 15) is 0 Å². The van der Waals surface area contributed by atoms with Crippen molar-refractivity contribution in [3.05, 3.63) is 65.2 Å². The highest BCUT2D eigenvalue weighted by atomic mass is 32.1. The van der Waals surface area contributed by atoms with Gasteiger partial charge in [-0.2, -0.15) is 4.58 Å². The van der Waals surface area contributed by atoms with E-state index in [1.54, 1.807) is 18.4 Å². The summed E-state index contributed by atoms with van der Waals surface area (Å²) >= 11 is 1.72. The molecular weight excluding hydrogens is 340 g/mol. The molecule has 3 nitrogen and oxygen atoms in total. The summed E-state index contributed by atoms with van der Waals surface area (Å²) < 4.78 is 7.86. The Bertz CT molecular complexity index is 1010. The molecule has 0 spiro atoms. The van der Waals surface area contributed by atoms with Gasteiger partial charge >= 0.3 is 0 Å². The van der Waals surface area contributed by atoms with Crippen LogP contribution in [0.4, 0.5) is 5.69 Å². The molecule has 26 heavy (non-hydrogen) atoms. The number of hydrogen-bond acceptors (Lipinski definition) is 2. The molecule has 0 aliphatic carbocycles. The number of allylic oxidation sites excluding steroid dienone is 1. The van der Waals surface area contributed by atoms with Gasteiger partial charge in [0.1, 0.15) is 12.8 Å². The molecule has 0 saturated carbocycles. The average Bonchev–Trinajstić information content (AvgIpc) is 3.33. The molecule has 1 aromatic carbocycles. The number of nitrogens with zero attached hydrogens (tertiary/aromatic N) is 1. The Kier molecular flexibility index (Phi) is 4.08. The van der Waals surface area contributed by atoms with Crippen molar-refractivity contribution in [3.8, 4) is 16.3 Å². The fraction of sp³-hybridized carbons (Fsp3) is 0.227. The minimum atomic E-state index is -0.0295. The molecule has 3 aromatic rings. The molecule has 1 aliphatic heterocycles. The van der Waals surface area contributed by atoms with Gasteiger partial charge in [-0.3, -0.25) is 0 Å². The van der Waals surface area contributed by atoms with Crippen LogP contribution in [0.5, 0.6) is 5.75 Å². The quantitative estimate of drug-likeness (QED) is 0.612. The Hall–Kier alpha value is -2.59. The van der Waals surface area contributed by atoms with Crippen LogP contribution in [0.1, 0.15) is 25.1 Å². The highest BCUT2D eigenvalue weighted by molar-refractivity contribution is 7.13. The van der Waals surface area contributed by atoms with Crippen LogP contribution >= 0.6 is 11.3 Å². The van der Waals surface area contributed by atoms with Crippen molar-refractivity contribution >= 4 is 28.8 Å². The van der Waals surface area contributed by atoms with Gasteiger partial charge in [-0.1, -0.05) is 24.3 Å². The van der Waals surface area contributed by atoms with E-state index in [1.165, 1.54) is 21.8 Å². The van der Waals surface area contributed by atoms with Crippen LogP contribution < -0.4 is 4.74 Å². The zero-order chi connectivity index (χ0) is 18.3. The van der Waals surface area contributed by atoms with Gasteiger partial charge in [0, 0.05) is 23.8 Å². The molecule has 0 radical (unpaired) electrons. The number of H-pyrrole nitrogens is 1. The molecule has 4 heteroatoms. The van der Waals surface area contributed by atoms with E-state index < -0.39 is 0 Å². The second-order valence-electron chi connectivity index (χ2n) is 7.06. The molecule has 1 aliphatic rings. The Morgan fingerprint density at radius 2 is 1.92 bits per heavy atom. The van der Waals surface area contributed by atoms with Crippen LogP contribution in [0.3, 0.4) is 0 Å². The summed E-state index contributed by atoms with van der Waals surface area (Å²) in [5.74, 6) is 0.862. The van der Waals surface area contributed by atoms with Gasteiger partial charge in [-0.05, 0) is 31.4 Å². The van der Waals surface area contributed by atoms with E-state index in [0.29, 0.717) is 0 Å². The monoisotopic (exact) mass is 363 g/mol. The minimum Gasteiger partial charge on any atom is -0.494 e. The highest BCUT2D eigenvalue weighted by Crippen LogP contribution is 2.39. The first-order valence-electron chi connectivity index (χ1n) is 8.72. The fourth-order valence-corrected chi connectivity index (χ4v) is 4.47. The van der Waals surface area contributed by atoms with E-state index in [-0.39, 0.29) is 5.41 Å². The molecule has 0 amide bonds. The lowest BCUT2D eigenvalue weighted by Gasteiger charge is -2.15. The number of thiophene rings is 1. The first-order chi connectivity index (χ1) is 12.5. The van der Waals surface area contributed by atoms with E-state index in [0.717, 1.165) is 17.1 Å². The second kappa shape index (κ2) is 6.29. The number of nitrogens with one attached hydrogen (secondary N) is 1. The molecule has 1 N–H and O–H groups in total. The van der Waals surface area contributed by atoms with Gasteiger partial charge in [-0.15, -0.1) is 11.3 Å². The third-order valence-electron chi connectivity index (χ3n) is 5.17. The minimum absolute atomic E-state index is 0.0295. The third kappa shape index (κ3) is 2.61. The van der Waals surface area contributed by atoms with Gasteiger partial charge in [0.2, 0.25) is 5.69 Å². The van der Waals surface area contributed by atoms with Gasteiger partial charge in [0.05, 0.1) is 28.8 Å². The lowest BCUT2D eigenvalue weighted by atomic mass is 9.81. The van der Waals surface area contributed by atoms with E-state index in [4.69, 9.17) is 4.74 Å². The van der Waals surface area contributed by atoms with Crippen LogP contribution in [0.15, 0.2) is 53.9 Å². The normalized spacial score (nSPS) is 15.7. The lowest BCUT2D eigenvalue weighted by Crippen LogP contribution is -2.26. The lowest BCUT2D eigenvalue weighted by molar-refractivity contribution is -0.401. The molecular formula is C22H23N2OS+. The van der Waals surface area contributed by atoms with Crippen LogP contribution in [0, 0.1) is 0 Å². The average molecular weight is 364 g/mol. The zero-order valence-corrected chi connectivity index (χ0v) is 16.4. The Balaban J connectivity index is 1.72. The van der Waals surface area contributed by atoms with E-state index in [1.807, 2.05) is 0 Å². The Morgan fingerprint density at radius 3 is 2.62 bits per heavy atom. The summed E-state index contributed by atoms with van der Waals surface area (Å²) in [7, 11) is 3.85. The molecule has 0 atom stereocenters. The Morgan fingerprint density at radius 1 is 1.12 bits per heavy atom. The first-order valence-corrected chi connectivity index (χ1v) is 9.60. The zero-order valence-electron chi connectivity index (χ0n) is 15.5. The van der Waals surface area contributed by atoms with Crippen molar-refractivity contribution in [1.82, 2.24) is 4.98 Å². The second-order valence-corrected chi connectivity index (χ2v) is 8.01. The van der Waals surface area contributed by atoms with Crippen molar-refractivity contribution < 1.29 is 9.31 Å². The molecule has 2 aromatic heterocycles. The summed E-state index contributed by atoms with van der Waals surface area (Å²) in [5, 5.41) is 2.08. The summed E-state index contributed by atoms with van der Waals surface area (Å²) in [5.41, 5.74) is 5.95. The van der Waals surface area contributed by atoms with Crippen LogP contribution in [-0.2, 0) is 5.41 Å². The van der Waals surface area contributed by atoms with Gasteiger partial charge < -0.3 is 9.72 Å². The SMILES string of the molecule is COc1cc(-c2cccs2)[nH]c1/C=C/C1=[N+](C)c2ccccc2C1(C)C. The van der Waals surface area contributed by atoms with Crippen LogP contribution in [0.25, 0.3) is 16.6 Å². The summed E-state index contributed by atoms with van der Waals surface area (Å²) in [6, 6.07) is 14.9. The van der Waals surface area contributed by atoms with Crippen LogP contribution in [0.2, 0.25) is 0 Å². The predicted molar refractivity (Wildman–Crippen MR) is 110 cm³/mol. The summed E-state index contributed by atoms with van der Waals surface area (Å²) in [6.07, 6.45) is 4.32. The standard InChI is InChI=1S/C22H22N2OS/c1-22(2)15-8-5-6-9-18(15)24(3)21(22)12-11-16-19(25-4)14-17(23-16)20-10-7-13-26-20/h5-14H,1-4H3/p+1. The third-order valence-corrected chi connectivity index (χ3v) is 6.07. The molecule has 3 heterocycles. The van der Waals surface area contributed by atoms with Gasteiger partial charge in [0.15, 0.2) is 5.71 Å². The number of aromatic nitrogens is 1. The smallest absolute Gasteiger partial charge is 0.209 e. The summed E-state index contributed by atoms with van der Waals surface area (Å²) in [4.78, 5) is 4.70. The number of benzene rings is 1. The van der Waals surface area contributed by atoms with Gasteiger partial charge in [-0.25, -0.2) is 0 Å². The summed E-state index contributed by atoms with van der Waals surface area (Å²) in [6.45, 7) is 4.55. The highest BCUT2D eigenvalue weighted by Gasteiger charge is 2.42. The first kappa shape index (κ1) is 16.9. The predicted octanol–water partition coefficient (Wildman–Crippen LogP) is 5.47. The number of fused-ring (bicyclic) bond motifs is 1. The van der Waals surface area contributed by atoms with E-state index in [2.05, 4.69) is 90.5 Å². The molecule has 0 saturated heterocycles. The molecule has 0 fully saturated rings. The fourth-order valence-electron chi connectivity index (χ4n) is 3.77. The van der Waals surface area contributed by atoms with E-state index >= 15 is 0 Å². The van der Waals surface area contributed by atoms with Crippen molar-refractivity contribution in [2.75, 3.05) is 14.2 Å². The molecule has 132 valence electrons. The maximum absolute atomic E-state index is 5.58. The maximum Gasteiger partial charge on any atom is 0.209 e. The number of ether oxygens (including phenoxy) is 1. The maximum atomic E-state index is 5.58. The van der Waals surface area contributed by atoms with Crippen molar-refractivity contribution in [2.45, 2.75) is 19.3 Å². The van der Waals surface area contributed by atoms with Crippen molar-refractivity contribution in [2.24, 2.45) is 0 Å². The van der Waals surface area contributed by atoms with Crippen LogP contribution in [-0.4, -0.2) is 29.4 Å². The number of aromatic amines is 1. The molecule has 0 unspecified atom stereocenters. The number of para-hydroxylation sites is 1. The number of rotatable bonds is 4. The molecule has 0 bridgehead atoms. The number of methoxy groups -OCH3 is 1. The van der Waals surface area contributed by atoms with Crippen molar-refractivity contribution in [1.29, 1.82) is 0 Å². The van der Waals surface area contributed by atoms with Crippen molar-refractivity contribution in [3.63, 3.8) is 0 Å². The Labute approximate surface area is 158 Å². The van der Waals surface area contributed by atoms with Gasteiger partial charge in [0.25, 0.3) is 0 Å².